The van der Waals surface area contributed by atoms with Crippen molar-refractivity contribution in [2.45, 2.75) is 38.3 Å². The second kappa shape index (κ2) is 5.92. The number of aliphatic hydroxyl groups is 4. The molecule has 0 aromatic rings. The summed E-state index contributed by atoms with van der Waals surface area (Å²) in [6.45, 7) is 3.03. The zero-order chi connectivity index (χ0) is 12.2. The molecule has 0 aliphatic heterocycles. The molecule has 0 aromatic carbocycles. The number of aliphatic hydroxyl groups excluding tert-OH is 4. The molecule has 0 saturated carbocycles. The van der Waals surface area contributed by atoms with E-state index >= 15 is 0 Å². The van der Waals surface area contributed by atoms with Crippen molar-refractivity contribution in [1.29, 1.82) is 0 Å². The Morgan fingerprint density at radius 1 is 1.07 bits per heavy atom. The highest BCUT2D eigenvalue weighted by Crippen LogP contribution is 2.09. The van der Waals surface area contributed by atoms with Gasteiger partial charge < -0.3 is 25.2 Å². The van der Waals surface area contributed by atoms with E-state index in [4.69, 9.17) is 10.2 Å². The van der Waals surface area contributed by atoms with Gasteiger partial charge >= 0.3 is 0 Å². The predicted octanol–water partition coefficient (Wildman–Crippen LogP) is -2.15. The molecular weight excluding hydrogens is 204 g/mol. The Morgan fingerprint density at radius 2 is 1.53 bits per heavy atom. The Morgan fingerprint density at radius 3 is 1.87 bits per heavy atom. The largest absolute Gasteiger partial charge is 0.387 e. The SMILES string of the molecule is CC(C)C(=O)C(O)[C@@H](O)[C@@H](O)[C@@H](O)C=O. The van der Waals surface area contributed by atoms with Crippen molar-refractivity contribution >= 4 is 12.1 Å². The molecule has 88 valence electrons. The second-order valence-corrected chi connectivity index (χ2v) is 3.61. The predicted molar refractivity (Wildman–Crippen MR) is 49.9 cm³/mol. The van der Waals surface area contributed by atoms with Gasteiger partial charge in [0.1, 0.15) is 24.4 Å². The number of hydrogen-bond acceptors (Lipinski definition) is 6. The maximum atomic E-state index is 11.2. The van der Waals surface area contributed by atoms with Gasteiger partial charge in [-0.1, -0.05) is 13.8 Å². The van der Waals surface area contributed by atoms with Crippen molar-refractivity contribution in [3.8, 4) is 0 Å². The highest BCUT2D eigenvalue weighted by Gasteiger charge is 2.34. The molecule has 0 saturated heterocycles. The summed E-state index contributed by atoms with van der Waals surface area (Å²) in [6, 6.07) is 0. The molecule has 0 aliphatic carbocycles. The normalized spacial score (nSPS) is 19.4. The first kappa shape index (κ1) is 14.2. The summed E-state index contributed by atoms with van der Waals surface area (Å²) in [5.41, 5.74) is 0. The third kappa shape index (κ3) is 3.67. The van der Waals surface area contributed by atoms with Crippen LogP contribution in [0.5, 0.6) is 0 Å². The summed E-state index contributed by atoms with van der Waals surface area (Å²) in [7, 11) is 0. The molecule has 0 amide bonds. The monoisotopic (exact) mass is 220 g/mol. The molecule has 0 fully saturated rings. The van der Waals surface area contributed by atoms with Crippen LogP contribution in [0.4, 0.5) is 0 Å². The van der Waals surface area contributed by atoms with Gasteiger partial charge in [-0.15, -0.1) is 0 Å². The molecular formula is C9H16O6. The number of carbonyl (C=O) groups excluding carboxylic acids is 2. The second-order valence-electron chi connectivity index (χ2n) is 3.61. The van der Waals surface area contributed by atoms with E-state index in [1.54, 1.807) is 0 Å². The van der Waals surface area contributed by atoms with Crippen LogP contribution in [-0.2, 0) is 9.59 Å². The fourth-order valence-corrected chi connectivity index (χ4v) is 0.979. The number of aldehydes is 1. The van der Waals surface area contributed by atoms with E-state index in [2.05, 4.69) is 0 Å². The molecule has 15 heavy (non-hydrogen) atoms. The molecule has 0 bridgehead atoms. The van der Waals surface area contributed by atoms with Crippen LogP contribution in [0.25, 0.3) is 0 Å². The first-order chi connectivity index (χ1) is 6.82. The van der Waals surface area contributed by atoms with Crippen molar-refractivity contribution in [3.63, 3.8) is 0 Å². The number of Topliss-reactive ketones (excluding diaryl/α,β-unsaturated/α-hetero) is 1. The fourth-order valence-electron chi connectivity index (χ4n) is 0.979. The van der Waals surface area contributed by atoms with Gasteiger partial charge in [-0.25, -0.2) is 0 Å². The van der Waals surface area contributed by atoms with Crippen LogP contribution in [0, 0.1) is 5.92 Å². The molecule has 0 spiro atoms. The van der Waals surface area contributed by atoms with Crippen LogP contribution < -0.4 is 0 Å². The molecule has 0 radical (unpaired) electrons. The summed E-state index contributed by atoms with van der Waals surface area (Å²) >= 11 is 0. The molecule has 0 rings (SSSR count). The molecule has 4 atom stereocenters. The van der Waals surface area contributed by atoms with Gasteiger partial charge in [0.05, 0.1) is 0 Å². The zero-order valence-electron chi connectivity index (χ0n) is 8.57. The van der Waals surface area contributed by atoms with Gasteiger partial charge in [-0.2, -0.15) is 0 Å². The van der Waals surface area contributed by atoms with Gasteiger partial charge in [0.15, 0.2) is 12.1 Å². The molecule has 0 heterocycles. The standard InChI is InChI=1S/C9H16O6/c1-4(2)6(12)8(14)9(15)7(13)5(11)3-10/h3-5,7-9,11,13-15H,1-2H3/t5-,7-,8?,9-/m0/s1. The molecule has 0 aliphatic rings. The lowest BCUT2D eigenvalue weighted by Gasteiger charge is -2.24. The minimum atomic E-state index is -1.87. The van der Waals surface area contributed by atoms with Crippen molar-refractivity contribution in [2.24, 2.45) is 5.92 Å². The summed E-state index contributed by atoms with van der Waals surface area (Å²) in [5, 5.41) is 36.6. The van der Waals surface area contributed by atoms with Gasteiger partial charge in [0.2, 0.25) is 0 Å². The van der Waals surface area contributed by atoms with E-state index in [1.807, 2.05) is 0 Å². The van der Waals surface area contributed by atoms with Crippen molar-refractivity contribution in [2.75, 3.05) is 0 Å². The van der Waals surface area contributed by atoms with E-state index in [0.29, 0.717) is 0 Å². The third-order valence-corrected chi connectivity index (χ3v) is 2.02. The minimum absolute atomic E-state index is 0.0143. The summed E-state index contributed by atoms with van der Waals surface area (Å²) in [6.07, 6.45) is -7.37. The molecule has 4 N–H and O–H groups in total. The van der Waals surface area contributed by atoms with Gasteiger partial charge in [0, 0.05) is 5.92 Å². The van der Waals surface area contributed by atoms with Gasteiger partial charge in [0.25, 0.3) is 0 Å². The van der Waals surface area contributed by atoms with Gasteiger partial charge in [-0.3, -0.25) is 4.79 Å². The van der Waals surface area contributed by atoms with E-state index in [1.165, 1.54) is 13.8 Å². The number of rotatable bonds is 6. The topological polar surface area (TPSA) is 115 Å². The van der Waals surface area contributed by atoms with Crippen LogP contribution in [0.3, 0.4) is 0 Å². The average Bonchev–Trinajstić information content (AvgIpc) is 2.23. The highest BCUT2D eigenvalue weighted by molar-refractivity contribution is 5.85. The van der Waals surface area contributed by atoms with Crippen molar-refractivity contribution < 1.29 is 30.0 Å². The lowest BCUT2D eigenvalue weighted by Crippen LogP contribution is -2.49. The average molecular weight is 220 g/mol. The number of ketones is 1. The number of carbonyl (C=O) groups is 2. The molecule has 1 unspecified atom stereocenters. The minimum Gasteiger partial charge on any atom is -0.387 e. The molecule has 0 aromatic heterocycles. The third-order valence-electron chi connectivity index (χ3n) is 2.02. The Hall–Kier alpha value is -0.820. The Kier molecular flexibility index (Phi) is 5.59. The van der Waals surface area contributed by atoms with E-state index in [0.717, 1.165) is 0 Å². The zero-order valence-corrected chi connectivity index (χ0v) is 8.57. The van der Waals surface area contributed by atoms with Crippen molar-refractivity contribution in [1.82, 2.24) is 0 Å². The quantitative estimate of drug-likeness (QED) is 0.379. The Balaban J connectivity index is 4.49. The van der Waals surface area contributed by atoms with Crippen LogP contribution >= 0.6 is 0 Å². The van der Waals surface area contributed by atoms with Crippen LogP contribution in [-0.4, -0.2) is 56.9 Å². The maximum absolute atomic E-state index is 11.2. The van der Waals surface area contributed by atoms with Crippen LogP contribution in [0.2, 0.25) is 0 Å². The van der Waals surface area contributed by atoms with Gasteiger partial charge in [-0.05, 0) is 0 Å². The number of hydrogen-bond donors (Lipinski definition) is 4. The van der Waals surface area contributed by atoms with E-state index < -0.39 is 36.1 Å². The maximum Gasteiger partial charge on any atom is 0.166 e. The fraction of sp³-hybridized carbons (Fsp3) is 0.778. The molecule has 6 heteroatoms. The summed E-state index contributed by atoms with van der Waals surface area (Å²) < 4.78 is 0. The highest BCUT2D eigenvalue weighted by atomic mass is 16.4. The first-order valence-electron chi connectivity index (χ1n) is 4.54. The Labute approximate surface area is 87.2 Å². The van der Waals surface area contributed by atoms with E-state index in [-0.39, 0.29) is 6.29 Å². The summed E-state index contributed by atoms with van der Waals surface area (Å²) in [4.78, 5) is 21.3. The first-order valence-corrected chi connectivity index (χ1v) is 4.54. The van der Waals surface area contributed by atoms with Crippen molar-refractivity contribution in [3.05, 3.63) is 0 Å². The lowest BCUT2D eigenvalue weighted by molar-refractivity contribution is -0.150. The van der Waals surface area contributed by atoms with Crippen LogP contribution in [0.1, 0.15) is 13.8 Å². The Bertz CT molecular complexity index is 227. The smallest absolute Gasteiger partial charge is 0.166 e. The summed E-state index contributed by atoms with van der Waals surface area (Å²) in [5.74, 6) is -1.19. The van der Waals surface area contributed by atoms with Crippen LogP contribution in [0.15, 0.2) is 0 Å². The lowest BCUT2D eigenvalue weighted by atomic mass is 9.95. The molecule has 6 nitrogen and oxygen atoms in total. The van der Waals surface area contributed by atoms with E-state index in [9.17, 15) is 19.8 Å².